The number of ether oxygens (including phenoxy) is 2. The molecule has 6 heteroatoms. The first kappa shape index (κ1) is 18.0. The fourth-order valence-electron chi connectivity index (χ4n) is 2.30. The third-order valence-corrected chi connectivity index (χ3v) is 5.93. The fourth-order valence-corrected chi connectivity index (χ4v) is 3.64. The van der Waals surface area contributed by atoms with E-state index in [-0.39, 0.29) is 10.5 Å². The molecule has 1 unspecified atom stereocenters. The van der Waals surface area contributed by atoms with E-state index in [9.17, 15) is 13.2 Å². The van der Waals surface area contributed by atoms with E-state index in [0.717, 1.165) is 5.56 Å². The van der Waals surface area contributed by atoms with Crippen LogP contribution in [0.15, 0.2) is 47.4 Å². The van der Waals surface area contributed by atoms with Crippen LogP contribution in [0.25, 0.3) is 0 Å². The van der Waals surface area contributed by atoms with Crippen molar-refractivity contribution in [3.05, 3.63) is 53.6 Å². The maximum Gasteiger partial charge on any atom is 0.188 e. The number of benzene rings is 2. The standard InChI is InChI=1S/C18H20O5S/c1-12-5-8-15(9-6-12)24(20,21)13(2)18(19)14-7-10-16(22-3)17(11-14)23-4/h5-11,13H,1-4H3. The summed E-state index contributed by atoms with van der Waals surface area (Å²) in [5.41, 5.74) is 1.21. The maximum absolute atomic E-state index is 12.7. The highest BCUT2D eigenvalue weighted by Gasteiger charge is 2.30. The van der Waals surface area contributed by atoms with E-state index in [2.05, 4.69) is 0 Å². The number of ketones is 1. The highest BCUT2D eigenvalue weighted by Crippen LogP contribution is 2.29. The largest absolute Gasteiger partial charge is 0.493 e. The summed E-state index contributed by atoms with van der Waals surface area (Å²) in [6.07, 6.45) is 0. The van der Waals surface area contributed by atoms with Crippen molar-refractivity contribution in [2.45, 2.75) is 24.0 Å². The predicted octanol–water partition coefficient (Wildman–Crippen LogP) is 3.06. The van der Waals surface area contributed by atoms with E-state index in [0.29, 0.717) is 11.5 Å². The summed E-state index contributed by atoms with van der Waals surface area (Å²) in [5, 5.41) is -1.20. The summed E-state index contributed by atoms with van der Waals surface area (Å²) in [6.45, 7) is 3.27. The molecule has 2 aromatic rings. The Morgan fingerprint density at radius 3 is 2.08 bits per heavy atom. The van der Waals surface area contributed by atoms with E-state index < -0.39 is 20.9 Å². The summed E-state index contributed by atoms with van der Waals surface area (Å²) in [6, 6.07) is 11.1. The number of Topliss-reactive ketones (excluding diaryl/α,β-unsaturated/α-hetero) is 1. The SMILES string of the molecule is COc1ccc(C(=O)C(C)S(=O)(=O)c2ccc(C)cc2)cc1OC. The lowest BCUT2D eigenvalue weighted by Crippen LogP contribution is -2.27. The van der Waals surface area contributed by atoms with Crippen LogP contribution in [-0.4, -0.2) is 33.7 Å². The van der Waals surface area contributed by atoms with Crippen molar-refractivity contribution in [1.29, 1.82) is 0 Å². The second-order valence-corrected chi connectivity index (χ2v) is 7.70. The Labute approximate surface area is 142 Å². The summed E-state index contributed by atoms with van der Waals surface area (Å²) in [4.78, 5) is 12.8. The molecule has 128 valence electrons. The molecule has 0 aromatic heterocycles. The molecule has 0 bridgehead atoms. The Kier molecular flexibility index (Phi) is 5.29. The first-order chi connectivity index (χ1) is 11.3. The molecular formula is C18H20O5S. The topological polar surface area (TPSA) is 69.7 Å². The second-order valence-electron chi connectivity index (χ2n) is 5.43. The number of sulfone groups is 1. The van der Waals surface area contributed by atoms with Gasteiger partial charge in [0.25, 0.3) is 0 Å². The van der Waals surface area contributed by atoms with Gasteiger partial charge in [0.1, 0.15) is 5.25 Å². The third-order valence-electron chi connectivity index (χ3n) is 3.85. The third kappa shape index (κ3) is 3.43. The van der Waals surface area contributed by atoms with Gasteiger partial charge in [0.2, 0.25) is 0 Å². The lowest BCUT2D eigenvalue weighted by molar-refractivity contribution is 0.0991. The van der Waals surface area contributed by atoms with Gasteiger partial charge in [-0.3, -0.25) is 4.79 Å². The Bertz CT molecular complexity index is 838. The molecule has 0 N–H and O–H groups in total. The molecule has 0 aliphatic heterocycles. The van der Waals surface area contributed by atoms with Crippen LogP contribution in [0.3, 0.4) is 0 Å². The number of aryl methyl sites for hydroxylation is 1. The van der Waals surface area contributed by atoms with Crippen LogP contribution >= 0.6 is 0 Å². The second kappa shape index (κ2) is 7.05. The molecule has 0 amide bonds. The van der Waals surface area contributed by atoms with Crippen LogP contribution in [0, 0.1) is 6.92 Å². The fraction of sp³-hybridized carbons (Fsp3) is 0.278. The number of rotatable bonds is 6. The van der Waals surface area contributed by atoms with Gasteiger partial charge in [-0.05, 0) is 44.2 Å². The average molecular weight is 348 g/mol. The molecule has 0 spiro atoms. The summed E-state index contributed by atoms with van der Waals surface area (Å²) in [5.74, 6) is 0.364. The van der Waals surface area contributed by atoms with Crippen molar-refractivity contribution in [3.63, 3.8) is 0 Å². The van der Waals surface area contributed by atoms with E-state index in [4.69, 9.17) is 9.47 Å². The number of methoxy groups -OCH3 is 2. The Morgan fingerprint density at radius 1 is 0.958 bits per heavy atom. The molecule has 1 atom stereocenters. The monoisotopic (exact) mass is 348 g/mol. The molecule has 2 rings (SSSR count). The Balaban J connectivity index is 2.36. The zero-order chi connectivity index (χ0) is 17.9. The van der Waals surface area contributed by atoms with E-state index in [1.54, 1.807) is 18.2 Å². The van der Waals surface area contributed by atoms with Gasteiger partial charge in [0.05, 0.1) is 19.1 Å². The molecule has 0 fully saturated rings. The first-order valence-corrected chi connectivity index (χ1v) is 8.92. The van der Waals surface area contributed by atoms with Crippen molar-refractivity contribution < 1.29 is 22.7 Å². The van der Waals surface area contributed by atoms with Gasteiger partial charge in [0.15, 0.2) is 27.1 Å². The zero-order valence-electron chi connectivity index (χ0n) is 14.1. The summed E-state index contributed by atoms with van der Waals surface area (Å²) < 4.78 is 35.6. The molecule has 5 nitrogen and oxygen atoms in total. The van der Waals surface area contributed by atoms with Gasteiger partial charge in [-0.15, -0.1) is 0 Å². The van der Waals surface area contributed by atoms with Crippen LogP contribution in [0.2, 0.25) is 0 Å². The molecule has 0 heterocycles. The van der Waals surface area contributed by atoms with Gasteiger partial charge in [-0.25, -0.2) is 8.42 Å². The first-order valence-electron chi connectivity index (χ1n) is 7.38. The van der Waals surface area contributed by atoms with Crippen LogP contribution < -0.4 is 9.47 Å². The molecule has 0 aliphatic rings. The van der Waals surface area contributed by atoms with Gasteiger partial charge in [0, 0.05) is 5.56 Å². The quantitative estimate of drug-likeness (QED) is 0.751. The zero-order valence-corrected chi connectivity index (χ0v) is 14.9. The summed E-state index contributed by atoms with van der Waals surface area (Å²) >= 11 is 0. The Hall–Kier alpha value is -2.34. The van der Waals surface area contributed by atoms with Gasteiger partial charge >= 0.3 is 0 Å². The van der Waals surface area contributed by atoms with Crippen molar-refractivity contribution in [2.75, 3.05) is 14.2 Å². The number of hydrogen-bond acceptors (Lipinski definition) is 5. The predicted molar refractivity (Wildman–Crippen MR) is 91.7 cm³/mol. The smallest absolute Gasteiger partial charge is 0.188 e. The minimum atomic E-state index is -3.76. The molecule has 0 saturated carbocycles. The van der Waals surface area contributed by atoms with E-state index in [1.165, 1.54) is 45.4 Å². The highest BCUT2D eigenvalue weighted by molar-refractivity contribution is 7.92. The van der Waals surface area contributed by atoms with Crippen molar-refractivity contribution in [3.8, 4) is 11.5 Å². The minimum absolute atomic E-state index is 0.134. The van der Waals surface area contributed by atoms with Crippen LogP contribution in [-0.2, 0) is 9.84 Å². The molecule has 2 aromatic carbocycles. The van der Waals surface area contributed by atoms with E-state index in [1.807, 2.05) is 6.92 Å². The van der Waals surface area contributed by atoms with Crippen molar-refractivity contribution in [1.82, 2.24) is 0 Å². The number of hydrogen-bond donors (Lipinski definition) is 0. The van der Waals surface area contributed by atoms with Crippen molar-refractivity contribution >= 4 is 15.6 Å². The normalized spacial score (nSPS) is 12.5. The van der Waals surface area contributed by atoms with E-state index >= 15 is 0 Å². The lowest BCUT2D eigenvalue weighted by atomic mass is 10.1. The molecule has 0 radical (unpaired) electrons. The summed E-state index contributed by atoms with van der Waals surface area (Å²) in [7, 11) is -0.813. The molecule has 0 aliphatic carbocycles. The number of carbonyl (C=O) groups excluding carboxylic acids is 1. The molecular weight excluding hydrogens is 328 g/mol. The molecule has 0 saturated heterocycles. The van der Waals surface area contributed by atoms with Crippen LogP contribution in [0.5, 0.6) is 11.5 Å². The lowest BCUT2D eigenvalue weighted by Gasteiger charge is -2.14. The van der Waals surface area contributed by atoms with Crippen LogP contribution in [0.4, 0.5) is 0 Å². The van der Waals surface area contributed by atoms with Gasteiger partial charge < -0.3 is 9.47 Å². The highest BCUT2D eigenvalue weighted by atomic mass is 32.2. The number of carbonyl (C=O) groups is 1. The maximum atomic E-state index is 12.7. The van der Waals surface area contributed by atoms with Crippen LogP contribution in [0.1, 0.15) is 22.8 Å². The minimum Gasteiger partial charge on any atom is -0.493 e. The Morgan fingerprint density at radius 2 is 1.54 bits per heavy atom. The molecule has 24 heavy (non-hydrogen) atoms. The van der Waals surface area contributed by atoms with Gasteiger partial charge in [-0.1, -0.05) is 17.7 Å². The average Bonchev–Trinajstić information content (AvgIpc) is 2.60. The van der Waals surface area contributed by atoms with Crippen molar-refractivity contribution in [2.24, 2.45) is 0 Å². The van der Waals surface area contributed by atoms with Gasteiger partial charge in [-0.2, -0.15) is 0 Å².